The molecule has 2 rings (SSSR count). The Morgan fingerprint density at radius 3 is 2.72 bits per heavy atom. The summed E-state index contributed by atoms with van der Waals surface area (Å²) in [5.74, 6) is -1.47. The largest absolute Gasteiger partial charge is 0.467 e. The molecule has 1 unspecified atom stereocenters. The first-order chi connectivity index (χ1) is 8.33. The van der Waals surface area contributed by atoms with Crippen LogP contribution in [-0.4, -0.2) is 41.3 Å². The minimum absolute atomic E-state index is 0.127. The third kappa shape index (κ3) is 1.68. The molecule has 2 heterocycles. The van der Waals surface area contributed by atoms with Gasteiger partial charge in [-0.1, -0.05) is 0 Å². The fraction of sp³-hybridized carbons (Fsp3) is 0.500. The number of halogens is 3. The number of hydrogen-bond donors (Lipinski definition) is 0. The number of ether oxygens (including phenoxy) is 1. The van der Waals surface area contributed by atoms with Crippen LogP contribution in [0.4, 0.5) is 19.1 Å². The van der Waals surface area contributed by atoms with Gasteiger partial charge < -0.3 is 9.64 Å². The van der Waals surface area contributed by atoms with Crippen LogP contribution < -0.4 is 4.90 Å². The second-order valence-electron chi connectivity index (χ2n) is 3.93. The monoisotopic (exact) mass is 261 g/mol. The molecular formula is C10H10F3N3O2. The number of alkyl halides is 3. The van der Waals surface area contributed by atoms with Crippen LogP contribution in [0.25, 0.3) is 0 Å². The maximum Gasteiger partial charge on any atom is 0.424 e. The van der Waals surface area contributed by atoms with Crippen molar-refractivity contribution in [1.29, 1.82) is 0 Å². The van der Waals surface area contributed by atoms with E-state index >= 15 is 0 Å². The molecule has 0 bridgehead atoms. The van der Waals surface area contributed by atoms with Gasteiger partial charge >= 0.3 is 12.1 Å². The van der Waals surface area contributed by atoms with E-state index in [-0.39, 0.29) is 5.95 Å². The second kappa shape index (κ2) is 3.82. The van der Waals surface area contributed by atoms with Gasteiger partial charge in [0.2, 0.25) is 5.95 Å². The summed E-state index contributed by atoms with van der Waals surface area (Å²) in [5.41, 5.74) is -2.12. The fourth-order valence-corrected chi connectivity index (χ4v) is 1.70. The number of methoxy groups -OCH3 is 1. The third-order valence-electron chi connectivity index (χ3n) is 2.76. The van der Waals surface area contributed by atoms with E-state index in [2.05, 4.69) is 14.7 Å². The Labute approximate surface area is 101 Å². The van der Waals surface area contributed by atoms with E-state index in [4.69, 9.17) is 0 Å². The molecule has 1 aromatic rings. The summed E-state index contributed by atoms with van der Waals surface area (Å²) in [4.78, 5) is 19.8. The predicted molar refractivity (Wildman–Crippen MR) is 54.9 cm³/mol. The van der Waals surface area contributed by atoms with E-state index in [0.29, 0.717) is 5.69 Å². The van der Waals surface area contributed by atoms with Crippen molar-refractivity contribution in [2.24, 2.45) is 0 Å². The van der Waals surface area contributed by atoms with Gasteiger partial charge in [-0.2, -0.15) is 13.2 Å². The summed E-state index contributed by atoms with van der Waals surface area (Å²) in [6.07, 6.45) is -3.39. The minimum Gasteiger partial charge on any atom is -0.467 e. The van der Waals surface area contributed by atoms with Crippen molar-refractivity contribution >= 4 is 11.9 Å². The van der Waals surface area contributed by atoms with E-state index < -0.39 is 24.2 Å². The van der Waals surface area contributed by atoms with Crippen LogP contribution in [0, 0.1) is 6.92 Å². The molecule has 1 atom stereocenters. The van der Waals surface area contributed by atoms with Gasteiger partial charge in [-0.25, -0.2) is 14.8 Å². The maximum absolute atomic E-state index is 13.0. The van der Waals surface area contributed by atoms with Gasteiger partial charge in [-0.05, 0) is 13.0 Å². The topological polar surface area (TPSA) is 55.1 Å². The molecule has 5 nitrogen and oxygen atoms in total. The van der Waals surface area contributed by atoms with Crippen molar-refractivity contribution in [2.45, 2.75) is 18.6 Å². The Morgan fingerprint density at radius 2 is 2.22 bits per heavy atom. The maximum atomic E-state index is 13.0. The molecule has 18 heavy (non-hydrogen) atoms. The number of aryl methyl sites for hydroxylation is 1. The first kappa shape index (κ1) is 12.6. The van der Waals surface area contributed by atoms with Crippen LogP contribution in [0.3, 0.4) is 0 Å². The number of aromatic nitrogens is 2. The van der Waals surface area contributed by atoms with Crippen LogP contribution in [0.5, 0.6) is 0 Å². The lowest BCUT2D eigenvalue weighted by molar-refractivity contribution is -0.183. The number of carbonyl (C=O) groups is 1. The summed E-state index contributed by atoms with van der Waals surface area (Å²) in [6.45, 7) is 1.11. The fourth-order valence-electron chi connectivity index (χ4n) is 1.70. The van der Waals surface area contributed by atoms with Gasteiger partial charge in [0, 0.05) is 11.9 Å². The highest BCUT2D eigenvalue weighted by Crippen LogP contribution is 2.48. The molecular weight excluding hydrogens is 251 g/mol. The second-order valence-corrected chi connectivity index (χ2v) is 3.93. The third-order valence-corrected chi connectivity index (χ3v) is 2.76. The van der Waals surface area contributed by atoms with Crippen molar-refractivity contribution in [3.05, 3.63) is 18.0 Å². The lowest BCUT2D eigenvalue weighted by Crippen LogP contribution is -2.45. The number of carbonyl (C=O) groups excluding carboxylic acids is 1. The van der Waals surface area contributed by atoms with Crippen LogP contribution in [0.2, 0.25) is 0 Å². The summed E-state index contributed by atoms with van der Waals surface area (Å²) in [6, 6.07) is 1.56. The van der Waals surface area contributed by atoms with Crippen LogP contribution in [0.15, 0.2) is 12.3 Å². The zero-order valence-electron chi connectivity index (χ0n) is 9.65. The summed E-state index contributed by atoms with van der Waals surface area (Å²) in [5, 5.41) is 0. The van der Waals surface area contributed by atoms with E-state index in [0.717, 1.165) is 12.0 Å². The molecule has 1 fully saturated rings. The number of anilines is 1. The minimum atomic E-state index is -4.73. The normalized spacial score (nSPS) is 22.8. The highest BCUT2D eigenvalue weighted by Gasteiger charge is 2.77. The van der Waals surface area contributed by atoms with Crippen LogP contribution in [0.1, 0.15) is 5.69 Å². The van der Waals surface area contributed by atoms with Gasteiger partial charge in [-0.3, -0.25) is 0 Å². The highest BCUT2D eigenvalue weighted by atomic mass is 19.4. The number of rotatable bonds is 2. The average Bonchev–Trinajstić information content (AvgIpc) is 3.04. The van der Waals surface area contributed by atoms with E-state index in [9.17, 15) is 18.0 Å². The van der Waals surface area contributed by atoms with Crippen molar-refractivity contribution in [2.75, 3.05) is 18.6 Å². The van der Waals surface area contributed by atoms with Crippen LogP contribution >= 0.6 is 0 Å². The quantitative estimate of drug-likeness (QED) is 0.589. The molecule has 0 aromatic carbocycles. The lowest BCUT2D eigenvalue weighted by atomic mass is 10.1. The molecule has 1 aromatic heterocycles. The van der Waals surface area contributed by atoms with Gasteiger partial charge in [-0.15, -0.1) is 0 Å². The smallest absolute Gasteiger partial charge is 0.424 e. The number of hydrogen-bond acceptors (Lipinski definition) is 5. The summed E-state index contributed by atoms with van der Waals surface area (Å²) < 4.78 is 43.1. The van der Waals surface area contributed by atoms with Gasteiger partial charge in [0.15, 0.2) is 0 Å². The van der Waals surface area contributed by atoms with Gasteiger partial charge in [0.25, 0.3) is 5.54 Å². The molecule has 0 aliphatic carbocycles. The molecule has 0 saturated carbocycles. The average molecular weight is 261 g/mol. The standard InChI is InChI=1S/C10H10F3N3O2/c1-6-3-4-14-8(15-6)16-5-9(16,7(17)18-2)10(11,12)13/h3-4H,5H2,1-2H3. The van der Waals surface area contributed by atoms with E-state index in [1.165, 1.54) is 6.20 Å². The zero-order chi connectivity index (χ0) is 13.6. The van der Waals surface area contributed by atoms with Crippen molar-refractivity contribution in [3.63, 3.8) is 0 Å². The van der Waals surface area contributed by atoms with Gasteiger partial charge in [0.05, 0.1) is 13.7 Å². The van der Waals surface area contributed by atoms with Crippen molar-refractivity contribution < 1.29 is 22.7 Å². The number of esters is 1. The van der Waals surface area contributed by atoms with Crippen molar-refractivity contribution in [1.82, 2.24) is 9.97 Å². The molecule has 98 valence electrons. The van der Waals surface area contributed by atoms with E-state index in [1.807, 2.05) is 0 Å². The highest BCUT2D eigenvalue weighted by molar-refractivity contribution is 5.92. The SMILES string of the molecule is COC(=O)C1(C(F)(F)F)CN1c1nccc(C)n1. The molecule has 1 saturated heterocycles. The van der Waals surface area contributed by atoms with Gasteiger partial charge in [0.1, 0.15) is 0 Å². The Morgan fingerprint density at radius 1 is 1.56 bits per heavy atom. The predicted octanol–water partition coefficient (Wildman–Crippen LogP) is 1.08. The first-order valence-electron chi connectivity index (χ1n) is 5.05. The molecule has 0 N–H and O–H groups in total. The summed E-state index contributed by atoms with van der Waals surface area (Å²) in [7, 11) is 0.920. The molecule has 8 heteroatoms. The molecule has 0 radical (unpaired) electrons. The Bertz CT molecular complexity index is 492. The Kier molecular flexibility index (Phi) is 2.67. The Balaban J connectivity index is 2.37. The number of nitrogens with zero attached hydrogens (tertiary/aromatic N) is 3. The summed E-state index contributed by atoms with van der Waals surface area (Å²) >= 11 is 0. The van der Waals surface area contributed by atoms with Crippen molar-refractivity contribution in [3.8, 4) is 0 Å². The van der Waals surface area contributed by atoms with E-state index in [1.54, 1.807) is 13.0 Å². The molecule has 0 amide bonds. The Hall–Kier alpha value is -1.86. The molecule has 1 aliphatic rings. The lowest BCUT2D eigenvalue weighted by Gasteiger charge is -2.18. The van der Waals surface area contributed by atoms with Crippen LogP contribution in [-0.2, 0) is 9.53 Å². The zero-order valence-corrected chi connectivity index (χ0v) is 9.65. The molecule has 0 spiro atoms. The first-order valence-corrected chi connectivity index (χ1v) is 5.05. The molecule has 1 aliphatic heterocycles.